The van der Waals surface area contributed by atoms with Crippen molar-refractivity contribution in [1.29, 1.82) is 0 Å². The Bertz CT molecular complexity index is 408. The van der Waals surface area contributed by atoms with Gasteiger partial charge in [-0.15, -0.1) is 11.3 Å². The van der Waals surface area contributed by atoms with Gasteiger partial charge in [-0.1, -0.05) is 20.3 Å². The number of carbonyl (C=O) groups excluding carboxylic acids is 1. The second kappa shape index (κ2) is 7.73. The lowest BCUT2D eigenvalue weighted by Gasteiger charge is -2.15. The van der Waals surface area contributed by atoms with Gasteiger partial charge in [-0.2, -0.15) is 0 Å². The molecule has 6 nitrogen and oxygen atoms in total. The molecule has 0 aliphatic rings. The van der Waals surface area contributed by atoms with Gasteiger partial charge in [-0.25, -0.2) is 14.6 Å². The number of amides is 2. The van der Waals surface area contributed by atoms with E-state index in [1.165, 1.54) is 11.3 Å². The topological polar surface area (TPSA) is 91.3 Å². The summed E-state index contributed by atoms with van der Waals surface area (Å²) in [5, 5.41) is 16.9. The number of carboxylic acids is 1. The van der Waals surface area contributed by atoms with Gasteiger partial charge in [-0.3, -0.25) is 0 Å². The Hall–Kier alpha value is -1.63. The number of aliphatic carboxylic acids is 1. The highest BCUT2D eigenvalue weighted by atomic mass is 32.1. The first-order valence-corrected chi connectivity index (χ1v) is 7.09. The molecule has 3 N–H and O–H groups in total. The second-order valence-electron chi connectivity index (χ2n) is 4.31. The summed E-state index contributed by atoms with van der Waals surface area (Å²) in [7, 11) is 0. The molecule has 1 aromatic heterocycles. The number of carboxylic acid groups (broad SMARTS) is 1. The number of hydrogen-bond donors (Lipinski definition) is 3. The van der Waals surface area contributed by atoms with Crippen molar-refractivity contribution >= 4 is 23.3 Å². The van der Waals surface area contributed by atoms with Crippen LogP contribution in [0, 0.1) is 0 Å². The van der Waals surface area contributed by atoms with E-state index in [-0.39, 0.29) is 5.92 Å². The first-order valence-electron chi connectivity index (χ1n) is 6.21. The fourth-order valence-corrected chi connectivity index (χ4v) is 2.26. The first-order chi connectivity index (χ1) is 9.04. The van der Waals surface area contributed by atoms with E-state index in [2.05, 4.69) is 15.6 Å². The van der Waals surface area contributed by atoms with Crippen molar-refractivity contribution in [3.8, 4) is 0 Å². The van der Waals surface area contributed by atoms with Gasteiger partial charge in [0, 0.05) is 24.0 Å². The molecule has 1 aromatic rings. The monoisotopic (exact) mass is 285 g/mol. The number of urea groups is 1. The molecule has 0 radical (unpaired) electrons. The molecule has 0 bridgehead atoms. The summed E-state index contributed by atoms with van der Waals surface area (Å²) in [6.07, 6.45) is 2.84. The van der Waals surface area contributed by atoms with Crippen molar-refractivity contribution < 1.29 is 14.7 Å². The van der Waals surface area contributed by atoms with Gasteiger partial charge < -0.3 is 15.7 Å². The van der Waals surface area contributed by atoms with Crippen LogP contribution in [0.15, 0.2) is 11.6 Å². The van der Waals surface area contributed by atoms with E-state index in [0.29, 0.717) is 19.4 Å². The number of hydrogen-bond acceptors (Lipinski definition) is 4. The van der Waals surface area contributed by atoms with Crippen LogP contribution in [0.5, 0.6) is 0 Å². The van der Waals surface area contributed by atoms with Crippen molar-refractivity contribution in [2.24, 2.45) is 0 Å². The fraction of sp³-hybridized carbons (Fsp3) is 0.583. The van der Waals surface area contributed by atoms with E-state index >= 15 is 0 Å². The molecular formula is C12H19N3O3S. The molecule has 0 aliphatic heterocycles. The first kappa shape index (κ1) is 15.4. The van der Waals surface area contributed by atoms with Gasteiger partial charge in [0.1, 0.15) is 6.04 Å². The van der Waals surface area contributed by atoms with Crippen LogP contribution < -0.4 is 10.6 Å². The zero-order valence-corrected chi connectivity index (χ0v) is 11.9. The summed E-state index contributed by atoms with van der Waals surface area (Å²) in [5.41, 5.74) is 0. The number of thiazole rings is 1. The van der Waals surface area contributed by atoms with Gasteiger partial charge in [0.2, 0.25) is 0 Å². The largest absolute Gasteiger partial charge is 0.480 e. The predicted octanol–water partition coefficient (Wildman–Crippen LogP) is 1.80. The van der Waals surface area contributed by atoms with E-state index in [0.717, 1.165) is 5.01 Å². The summed E-state index contributed by atoms with van der Waals surface area (Å²) in [5.74, 6) is -0.898. The van der Waals surface area contributed by atoms with E-state index in [1.807, 2.05) is 19.2 Å². The highest BCUT2D eigenvalue weighted by Crippen LogP contribution is 2.16. The molecule has 0 saturated carbocycles. The van der Waals surface area contributed by atoms with Crippen LogP contribution in [0.1, 0.15) is 37.6 Å². The maximum atomic E-state index is 11.6. The normalized spacial score (nSPS) is 13.6. The molecule has 19 heavy (non-hydrogen) atoms. The SMILES string of the molecule is CCCC(NC(=O)NCC(C)c1nccs1)C(=O)O. The average molecular weight is 285 g/mol. The third kappa shape index (κ3) is 5.25. The van der Waals surface area contributed by atoms with Crippen LogP contribution in [0.4, 0.5) is 4.79 Å². The maximum absolute atomic E-state index is 11.6. The van der Waals surface area contributed by atoms with Crippen molar-refractivity contribution in [3.63, 3.8) is 0 Å². The molecule has 0 aliphatic carbocycles. The van der Waals surface area contributed by atoms with E-state index in [4.69, 9.17) is 5.11 Å². The van der Waals surface area contributed by atoms with Gasteiger partial charge in [0.05, 0.1) is 5.01 Å². The highest BCUT2D eigenvalue weighted by molar-refractivity contribution is 7.09. The van der Waals surface area contributed by atoms with Gasteiger partial charge in [-0.05, 0) is 6.42 Å². The molecule has 1 rings (SSSR count). The van der Waals surface area contributed by atoms with Gasteiger partial charge >= 0.3 is 12.0 Å². The number of nitrogens with zero attached hydrogens (tertiary/aromatic N) is 1. The Labute approximate surface area is 116 Å². The minimum atomic E-state index is -1.01. The lowest BCUT2D eigenvalue weighted by atomic mass is 10.2. The minimum Gasteiger partial charge on any atom is -0.480 e. The molecule has 2 amide bonds. The molecule has 0 fully saturated rings. The number of rotatable bonds is 7. The average Bonchev–Trinajstić information content (AvgIpc) is 2.89. The molecular weight excluding hydrogens is 266 g/mol. The van der Waals surface area contributed by atoms with Crippen LogP contribution in [-0.2, 0) is 4.79 Å². The van der Waals surface area contributed by atoms with Crippen LogP contribution in [0.3, 0.4) is 0 Å². The number of aromatic nitrogens is 1. The molecule has 0 spiro atoms. The quantitative estimate of drug-likeness (QED) is 0.712. The van der Waals surface area contributed by atoms with Crippen LogP contribution in [0.2, 0.25) is 0 Å². The van der Waals surface area contributed by atoms with Crippen molar-refractivity contribution in [2.45, 2.75) is 38.6 Å². The van der Waals surface area contributed by atoms with E-state index < -0.39 is 18.0 Å². The lowest BCUT2D eigenvalue weighted by Crippen LogP contribution is -2.46. The molecule has 0 aromatic carbocycles. The molecule has 2 unspecified atom stereocenters. The second-order valence-corrected chi connectivity index (χ2v) is 5.23. The van der Waals surface area contributed by atoms with Crippen LogP contribution in [-0.4, -0.2) is 34.7 Å². The molecule has 2 atom stereocenters. The summed E-state index contributed by atoms with van der Waals surface area (Å²) >= 11 is 1.53. The summed E-state index contributed by atoms with van der Waals surface area (Å²) in [6.45, 7) is 4.26. The third-order valence-electron chi connectivity index (χ3n) is 2.62. The Balaban J connectivity index is 2.36. The standard InChI is InChI=1S/C12H19N3O3S/c1-3-4-9(11(16)17)15-12(18)14-7-8(2)10-13-5-6-19-10/h5-6,8-9H,3-4,7H2,1-2H3,(H,16,17)(H2,14,15,18). The number of carbonyl (C=O) groups is 2. The fourth-order valence-electron chi connectivity index (χ4n) is 1.57. The third-order valence-corrected chi connectivity index (χ3v) is 3.63. The zero-order chi connectivity index (χ0) is 14.3. The zero-order valence-electron chi connectivity index (χ0n) is 11.0. The Kier molecular flexibility index (Phi) is 6.27. The Morgan fingerprint density at radius 2 is 2.26 bits per heavy atom. The molecule has 1 heterocycles. The predicted molar refractivity (Wildman–Crippen MR) is 73.4 cm³/mol. The Morgan fingerprint density at radius 1 is 1.53 bits per heavy atom. The Morgan fingerprint density at radius 3 is 2.79 bits per heavy atom. The van der Waals surface area contributed by atoms with Crippen LogP contribution >= 0.6 is 11.3 Å². The highest BCUT2D eigenvalue weighted by Gasteiger charge is 2.19. The van der Waals surface area contributed by atoms with Crippen molar-refractivity contribution in [1.82, 2.24) is 15.6 Å². The summed E-state index contributed by atoms with van der Waals surface area (Å²) in [4.78, 5) is 26.7. The summed E-state index contributed by atoms with van der Waals surface area (Å²) < 4.78 is 0. The molecule has 0 saturated heterocycles. The lowest BCUT2D eigenvalue weighted by molar-refractivity contribution is -0.139. The maximum Gasteiger partial charge on any atom is 0.326 e. The minimum absolute atomic E-state index is 0.111. The van der Waals surface area contributed by atoms with Crippen molar-refractivity contribution in [3.05, 3.63) is 16.6 Å². The van der Waals surface area contributed by atoms with Crippen molar-refractivity contribution in [2.75, 3.05) is 6.54 Å². The van der Waals surface area contributed by atoms with Crippen LogP contribution in [0.25, 0.3) is 0 Å². The number of nitrogens with one attached hydrogen (secondary N) is 2. The van der Waals surface area contributed by atoms with E-state index in [1.54, 1.807) is 6.20 Å². The van der Waals surface area contributed by atoms with E-state index in [9.17, 15) is 9.59 Å². The smallest absolute Gasteiger partial charge is 0.326 e. The van der Waals surface area contributed by atoms with Gasteiger partial charge in [0.15, 0.2) is 0 Å². The molecule has 106 valence electrons. The summed E-state index contributed by atoms with van der Waals surface area (Å²) in [6, 6.07) is -1.29. The molecule has 7 heteroatoms. The van der Waals surface area contributed by atoms with Gasteiger partial charge in [0.25, 0.3) is 0 Å².